The lowest BCUT2D eigenvalue weighted by molar-refractivity contribution is -0.384. The van der Waals surface area contributed by atoms with E-state index in [4.69, 9.17) is 5.73 Å². The Hall–Kier alpha value is -4.01. The molecule has 1 fully saturated rings. The van der Waals surface area contributed by atoms with Crippen molar-refractivity contribution < 1.29 is 14.5 Å². The van der Waals surface area contributed by atoms with E-state index in [0.29, 0.717) is 29.8 Å². The van der Waals surface area contributed by atoms with E-state index in [1.807, 2.05) is 30.3 Å². The topological polar surface area (TPSA) is 124 Å². The van der Waals surface area contributed by atoms with E-state index in [0.717, 1.165) is 18.5 Å². The van der Waals surface area contributed by atoms with E-state index < -0.39 is 16.9 Å². The fraction of sp³-hybridized carbons (Fsp3) is 0.261. The maximum Gasteiger partial charge on any atom is 0.269 e. The first kappa shape index (κ1) is 21.2. The number of hydrogen-bond donors (Lipinski definition) is 1. The van der Waals surface area contributed by atoms with Gasteiger partial charge in [-0.05, 0) is 43.5 Å². The highest BCUT2D eigenvalue weighted by molar-refractivity contribution is 5.88. The van der Waals surface area contributed by atoms with Crippen LogP contribution < -0.4 is 5.73 Å². The highest BCUT2D eigenvalue weighted by Gasteiger charge is 2.31. The number of aromatic nitrogens is 2. The van der Waals surface area contributed by atoms with E-state index in [-0.39, 0.29) is 18.0 Å². The fourth-order valence-corrected chi connectivity index (χ4v) is 4.03. The van der Waals surface area contributed by atoms with Crippen LogP contribution in [-0.4, -0.2) is 44.0 Å². The summed E-state index contributed by atoms with van der Waals surface area (Å²) in [4.78, 5) is 37.1. The fourth-order valence-electron chi connectivity index (χ4n) is 4.03. The van der Waals surface area contributed by atoms with Gasteiger partial charge in [-0.15, -0.1) is 0 Å². The molecular formula is C23H23N5O4. The number of piperidine rings is 1. The van der Waals surface area contributed by atoms with E-state index in [2.05, 4.69) is 5.10 Å². The number of nitro groups is 1. The summed E-state index contributed by atoms with van der Waals surface area (Å²) in [5.74, 6) is -0.683. The van der Waals surface area contributed by atoms with Gasteiger partial charge >= 0.3 is 0 Å². The number of carbonyl (C=O) groups excluding carboxylic acids is 2. The lowest BCUT2D eigenvalue weighted by atomic mass is 9.99. The third kappa shape index (κ3) is 4.36. The number of para-hydroxylation sites is 1. The summed E-state index contributed by atoms with van der Waals surface area (Å²) in [6.45, 7) is 0.492. The van der Waals surface area contributed by atoms with E-state index in [1.54, 1.807) is 27.9 Å². The summed E-state index contributed by atoms with van der Waals surface area (Å²) in [6, 6.07) is 14.9. The maximum absolute atomic E-state index is 13.1. The van der Waals surface area contributed by atoms with Crippen molar-refractivity contribution in [3.63, 3.8) is 0 Å². The van der Waals surface area contributed by atoms with Gasteiger partial charge in [0.2, 0.25) is 11.8 Å². The van der Waals surface area contributed by atoms with Crippen LogP contribution in [-0.2, 0) is 16.0 Å². The Morgan fingerprint density at radius 3 is 2.47 bits per heavy atom. The van der Waals surface area contributed by atoms with Gasteiger partial charge in [-0.2, -0.15) is 5.10 Å². The van der Waals surface area contributed by atoms with Crippen LogP contribution >= 0.6 is 0 Å². The number of non-ortho nitro benzene ring substituents is 1. The molecule has 1 aliphatic heterocycles. The second kappa shape index (κ2) is 9.01. The van der Waals surface area contributed by atoms with Gasteiger partial charge < -0.3 is 10.6 Å². The Balaban J connectivity index is 1.69. The van der Waals surface area contributed by atoms with Crippen LogP contribution in [0.25, 0.3) is 16.9 Å². The Morgan fingerprint density at radius 1 is 1.09 bits per heavy atom. The number of hydrogen-bond acceptors (Lipinski definition) is 5. The summed E-state index contributed by atoms with van der Waals surface area (Å²) in [5.41, 5.74) is 8.22. The molecule has 0 radical (unpaired) electrons. The molecule has 164 valence electrons. The summed E-state index contributed by atoms with van der Waals surface area (Å²) < 4.78 is 1.68. The number of carbonyl (C=O) groups is 2. The maximum atomic E-state index is 13.1. The molecule has 32 heavy (non-hydrogen) atoms. The smallest absolute Gasteiger partial charge is 0.269 e. The van der Waals surface area contributed by atoms with Gasteiger partial charge in [-0.3, -0.25) is 19.7 Å². The lowest BCUT2D eigenvalue weighted by Gasteiger charge is -2.33. The molecule has 2 heterocycles. The zero-order chi connectivity index (χ0) is 22.7. The van der Waals surface area contributed by atoms with Crippen LogP contribution in [0.4, 0.5) is 5.69 Å². The van der Waals surface area contributed by atoms with Crippen LogP contribution in [0.1, 0.15) is 24.8 Å². The molecule has 0 aliphatic carbocycles. The predicted octanol–water partition coefficient (Wildman–Crippen LogP) is 2.86. The molecule has 1 aliphatic rings. The molecule has 0 bridgehead atoms. The van der Waals surface area contributed by atoms with Crippen molar-refractivity contribution in [2.45, 2.75) is 31.7 Å². The molecule has 0 spiro atoms. The lowest BCUT2D eigenvalue weighted by Crippen LogP contribution is -2.50. The van der Waals surface area contributed by atoms with Gasteiger partial charge in [0.15, 0.2) is 0 Å². The molecule has 1 atom stereocenters. The van der Waals surface area contributed by atoms with Crippen molar-refractivity contribution in [2.75, 3.05) is 6.54 Å². The molecular weight excluding hydrogens is 410 g/mol. The Labute approximate surface area is 184 Å². The van der Waals surface area contributed by atoms with E-state index >= 15 is 0 Å². The van der Waals surface area contributed by atoms with E-state index in [9.17, 15) is 19.7 Å². The quantitative estimate of drug-likeness (QED) is 0.473. The molecule has 1 aromatic heterocycles. The monoisotopic (exact) mass is 433 g/mol. The molecule has 1 unspecified atom stereocenters. The number of nitrogens with zero attached hydrogens (tertiary/aromatic N) is 4. The third-order valence-corrected chi connectivity index (χ3v) is 5.66. The Morgan fingerprint density at radius 2 is 1.81 bits per heavy atom. The molecule has 9 nitrogen and oxygen atoms in total. The SMILES string of the molecule is NC(=O)C1CCCCN1C(=O)Cc1cn(-c2ccccc2)nc1-c1ccc([N+](=O)[O-])cc1. The average molecular weight is 433 g/mol. The van der Waals surface area contributed by atoms with Crippen molar-refractivity contribution in [3.05, 3.63) is 76.5 Å². The van der Waals surface area contributed by atoms with Gasteiger partial charge in [0, 0.05) is 36.0 Å². The van der Waals surface area contributed by atoms with Crippen LogP contribution in [0.15, 0.2) is 60.8 Å². The Bertz CT molecular complexity index is 1140. The molecule has 4 rings (SSSR count). The second-order valence-corrected chi connectivity index (χ2v) is 7.76. The number of benzene rings is 2. The molecule has 1 saturated heterocycles. The predicted molar refractivity (Wildman–Crippen MR) is 118 cm³/mol. The van der Waals surface area contributed by atoms with Crippen LogP contribution in [0.3, 0.4) is 0 Å². The zero-order valence-corrected chi connectivity index (χ0v) is 17.4. The molecule has 9 heteroatoms. The molecule has 0 saturated carbocycles. The minimum absolute atomic E-state index is 0.0218. The summed E-state index contributed by atoms with van der Waals surface area (Å²) in [6.07, 6.45) is 4.08. The van der Waals surface area contributed by atoms with Crippen molar-refractivity contribution in [3.8, 4) is 16.9 Å². The number of rotatable bonds is 6. The minimum Gasteiger partial charge on any atom is -0.368 e. The Kier molecular flexibility index (Phi) is 5.98. The highest BCUT2D eigenvalue weighted by atomic mass is 16.6. The minimum atomic E-state index is -0.594. The largest absolute Gasteiger partial charge is 0.368 e. The van der Waals surface area contributed by atoms with Crippen LogP contribution in [0.5, 0.6) is 0 Å². The summed E-state index contributed by atoms with van der Waals surface area (Å²) in [5, 5.41) is 15.7. The molecule has 2 aromatic carbocycles. The molecule has 2 amide bonds. The standard InChI is InChI=1S/C23H23N5O4/c24-23(30)20-8-4-5-13-26(20)21(29)14-17-15-27(18-6-2-1-3-7-18)25-22(17)16-9-11-19(12-10-16)28(31)32/h1-3,6-7,9-12,15,20H,4-5,8,13-14H2,(H2,24,30). The highest BCUT2D eigenvalue weighted by Crippen LogP contribution is 2.27. The van der Waals surface area contributed by atoms with Crippen molar-refractivity contribution in [1.29, 1.82) is 0 Å². The van der Waals surface area contributed by atoms with Gasteiger partial charge in [0.1, 0.15) is 6.04 Å². The summed E-state index contributed by atoms with van der Waals surface area (Å²) >= 11 is 0. The first-order valence-electron chi connectivity index (χ1n) is 10.4. The number of likely N-dealkylation sites (tertiary alicyclic amines) is 1. The first-order valence-corrected chi connectivity index (χ1v) is 10.4. The third-order valence-electron chi connectivity index (χ3n) is 5.66. The normalized spacial score (nSPS) is 16.0. The van der Waals surface area contributed by atoms with Crippen molar-refractivity contribution >= 4 is 17.5 Å². The number of nitro benzene ring substituents is 1. The van der Waals surface area contributed by atoms with Crippen LogP contribution in [0.2, 0.25) is 0 Å². The van der Waals surface area contributed by atoms with Crippen molar-refractivity contribution in [2.24, 2.45) is 5.73 Å². The average Bonchev–Trinajstić information content (AvgIpc) is 3.23. The van der Waals surface area contributed by atoms with Gasteiger partial charge in [-0.25, -0.2) is 4.68 Å². The molecule has 3 aromatic rings. The van der Waals surface area contributed by atoms with Gasteiger partial charge in [-0.1, -0.05) is 18.2 Å². The second-order valence-electron chi connectivity index (χ2n) is 7.76. The van der Waals surface area contributed by atoms with Crippen molar-refractivity contribution in [1.82, 2.24) is 14.7 Å². The number of amides is 2. The molecule has 2 N–H and O–H groups in total. The zero-order valence-electron chi connectivity index (χ0n) is 17.4. The number of primary amides is 1. The number of nitrogens with two attached hydrogens (primary N) is 1. The first-order chi connectivity index (χ1) is 15.4. The van der Waals surface area contributed by atoms with Gasteiger partial charge in [0.25, 0.3) is 5.69 Å². The summed E-state index contributed by atoms with van der Waals surface area (Å²) in [7, 11) is 0. The van der Waals surface area contributed by atoms with E-state index in [1.165, 1.54) is 12.1 Å². The van der Waals surface area contributed by atoms with Crippen LogP contribution in [0, 0.1) is 10.1 Å². The van der Waals surface area contributed by atoms with Gasteiger partial charge in [0.05, 0.1) is 22.7 Å².